The Labute approximate surface area is 175 Å². The molecule has 0 unspecified atom stereocenters. The van der Waals surface area contributed by atoms with Gasteiger partial charge in [-0.1, -0.05) is 41.1 Å². The number of nitrogens with one attached hydrogen (secondary N) is 1. The maximum atomic E-state index is 12.6. The Morgan fingerprint density at radius 3 is 2.60 bits per heavy atom. The van der Waals surface area contributed by atoms with Crippen molar-refractivity contribution in [3.63, 3.8) is 0 Å². The summed E-state index contributed by atoms with van der Waals surface area (Å²) in [4.78, 5) is 26.8. The zero-order valence-corrected chi connectivity index (χ0v) is 17.4. The summed E-state index contributed by atoms with van der Waals surface area (Å²) in [6.07, 6.45) is 0.214. The second-order valence-corrected chi connectivity index (χ2v) is 7.94. The molecule has 1 aliphatic rings. The van der Waals surface area contributed by atoms with Crippen LogP contribution >= 0.6 is 0 Å². The highest BCUT2D eigenvalue weighted by atomic mass is 16.5. The normalized spacial score (nSPS) is 16.2. The molecule has 6 heteroatoms. The van der Waals surface area contributed by atoms with Crippen LogP contribution in [0, 0.1) is 26.7 Å². The first-order chi connectivity index (χ1) is 14.4. The first-order valence-corrected chi connectivity index (χ1v) is 10.1. The van der Waals surface area contributed by atoms with Crippen LogP contribution in [0.3, 0.4) is 0 Å². The van der Waals surface area contributed by atoms with Gasteiger partial charge in [-0.05, 0) is 44.0 Å². The fourth-order valence-corrected chi connectivity index (χ4v) is 3.60. The third-order valence-corrected chi connectivity index (χ3v) is 5.64. The van der Waals surface area contributed by atoms with E-state index in [1.807, 2.05) is 69.3 Å². The molecule has 1 N–H and O–H groups in total. The van der Waals surface area contributed by atoms with E-state index in [-0.39, 0.29) is 30.7 Å². The zero-order valence-electron chi connectivity index (χ0n) is 17.4. The van der Waals surface area contributed by atoms with E-state index < -0.39 is 0 Å². The van der Waals surface area contributed by atoms with Gasteiger partial charge in [0.15, 0.2) is 5.76 Å². The third kappa shape index (κ3) is 4.13. The third-order valence-electron chi connectivity index (χ3n) is 5.64. The molecule has 2 heterocycles. The lowest BCUT2D eigenvalue weighted by atomic mass is 10.1. The molecule has 30 heavy (non-hydrogen) atoms. The van der Waals surface area contributed by atoms with Gasteiger partial charge in [-0.15, -0.1) is 0 Å². The van der Waals surface area contributed by atoms with Crippen LogP contribution in [-0.4, -0.2) is 23.5 Å². The zero-order chi connectivity index (χ0) is 21.3. The number of aromatic nitrogens is 1. The lowest BCUT2D eigenvalue weighted by Crippen LogP contribution is -2.32. The summed E-state index contributed by atoms with van der Waals surface area (Å²) in [6.45, 7) is 6.74. The second kappa shape index (κ2) is 8.14. The van der Waals surface area contributed by atoms with Gasteiger partial charge in [0.2, 0.25) is 11.8 Å². The van der Waals surface area contributed by atoms with Gasteiger partial charge in [-0.25, -0.2) is 0 Å². The van der Waals surface area contributed by atoms with E-state index in [1.165, 1.54) is 11.1 Å². The minimum atomic E-state index is -0.373. The van der Waals surface area contributed by atoms with Crippen LogP contribution in [0.25, 0.3) is 11.3 Å². The Kier molecular flexibility index (Phi) is 5.40. The summed E-state index contributed by atoms with van der Waals surface area (Å²) in [5, 5.41) is 6.93. The van der Waals surface area contributed by atoms with Gasteiger partial charge in [-0.2, -0.15) is 0 Å². The van der Waals surface area contributed by atoms with E-state index >= 15 is 0 Å². The van der Waals surface area contributed by atoms with E-state index in [4.69, 9.17) is 4.52 Å². The summed E-state index contributed by atoms with van der Waals surface area (Å²) in [7, 11) is 0. The van der Waals surface area contributed by atoms with Crippen molar-refractivity contribution in [2.24, 2.45) is 5.92 Å². The molecule has 154 valence electrons. The van der Waals surface area contributed by atoms with Gasteiger partial charge in [0.1, 0.15) is 5.69 Å². The smallest absolute Gasteiger partial charge is 0.227 e. The highest BCUT2D eigenvalue weighted by Gasteiger charge is 2.35. The fourth-order valence-electron chi connectivity index (χ4n) is 3.60. The van der Waals surface area contributed by atoms with E-state index in [0.717, 1.165) is 16.8 Å². The first-order valence-electron chi connectivity index (χ1n) is 10.1. The number of carbonyl (C=O) groups is 2. The number of hydrogen-bond acceptors (Lipinski definition) is 4. The van der Waals surface area contributed by atoms with Gasteiger partial charge in [0, 0.05) is 30.3 Å². The minimum absolute atomic E-state index is 0.0264. The Bertz CT molecular complexity index is 1090. The number of rotatable bonds is 5. The SMILES string of the molecule is Cc1ccc(-c2cc(CNC(=O)[C@@H]3CC(=O)N(c4ccc(C)c(C)c4)C3)no2)cc1. The van der Waals surface area contributed by atoms with Crippen molar-refractivity contribution in [3.05, 3.63) is 70.9 Å². The van der Waals surface area contributed by atoms with Crippen molar-refractivity contribution in [2.45, 2.75) is 33.7 Å². The van der Waals surface area contributed by atoms with Crippen LogP contribution in [0.1, 0.15) is 28.8 Å². The summed E-state index contributed by atoms with van der Waals surface area (Å²) in [5.74, 6) is 0.120. The van der Waals surface area contributed by atoms with E-state index in [9.17, 15) is 9.59 Å². The van der Waals surface area contributed by atoms with E-state index in [0.29, 0.717) is 18.0 Å². The summed E-state index contributed by atoms with van der Waals surface area (Å²) in [5.41, 5.74) is 5.91. The molecule has 0 spiro atoms. The van der Waals surface area contributed by atoms with E-state index in [2.05, 4.69) is 10.5 Å². The number of hydrogen-bond donors (Lipinski definition) is 1. The average Bonchev–Trinajstić information content (AvgIpc) is 3.36. The second-order valence-electron chi connectivity index (χ2n) is 7.94. The molecule has 6 nitrogen and oxygen atoms in total. The summed E-state index contributed by atoms with van der Waals surface area (Å²) in [6, 6.07) is 15.7. The van der Waals surface area contributed by atoms with Crippen LogP contribution in [0.5, 0.6) is 0 Å². The van der Waals surface area contributed by atoms with Gasteiger partial charge < -0.3 is 14.7 Å². The van der Waals surface area contributed by atoms with Crippen molar-refractivity contribution in [1.29, 1.82) is 0 Å². The van der Waals surface area contributed by atoms with Crippen LogP contribution in [0.4, 0.5) is 5.69 Å². The number of nitrogens with zero attached hydrogens (tertiary/aromatic N) is 2. The van der Waals surface area contributed by atoms with Crippen LogP contribution in [0.2, 0.25) is 0 Å². The molecule has 2 aromatic carbocycles. The molecule has 2 amide bonds. The molecular weight excluding hydrogens is 378 g/mol. The average molecular weight is 403 g/mol. The first kappa shape index (κ1) is 19.9. The van der Waals surface area contributed by atoms with Crippen LogP contribution < -0.4 is 10.2 Å². The molecule has 0 aliphatic carbocycles. The fraction of sp³-hybridized carbons (Fsp3) is 0.292. The molecule has 1 atom stereocenters. The number of benzene rings is 2. The molecule has 1 aliphatic heterocycles. The van der Waals surface area contributed by atoms with Gasteiger partial charge in [0.25, 0.3) is 0 Å². The maximum absolute atomic E-state index is 12.6. The number of amides is 2. The molecular formula is C24H25N3O3. The Hall–Kier alpha value is -3.41. The molecule has 0 saturated carbocycles. The monoisotopic (exact) mass is 403 g/mol. The molecule has 1 fully saturated rings. The molecule has 1 aromatic heterocycles. The van der Waals surface area contributed by atoms with Gasteiger partial charge in [-0.3, -0.25) is 9.59 Å². The lowest BCUT2D eigenvalue weighted by Gasteiger charge is -2.18. The Morgan fingerprint density at radius 1 is 1.10 bits per heavy atom. The van der Waals surface area contributed by atoms with Gasteiger partial charge >= 0.3 is 0 Å². The quantitative estimate of drug-likeness (QED) is 0.700. The van der Waals surface area contributed by atoms with E-state index in [1.54, 1.807) is 4.90 Å². The minimum Gasteiger partial charge on any atom is -0.356 e. The predicted molar refractivity (Wildman–Crippen MR) is 115 cm³/mol. The Morgan fingerprint density at radius 2 is 1.87 bits per heavy atom. The lowest BCUT2D eigenvalue weighted by molar-refractivity contribution is -0.126. The van der Waals surface area contributed by atoms with Crippen molar-refractivity contribution in [3.8, 4) is 11.3 Å². The standard InChI is InChI=1S/C24H25N3O3/c1-15-4-7-18(8-5-15)22-12-20(26-30-22)13-25-24(29)19-11-23(28)27(14-19)21-9-6-16(2)17(3)10-21/h4-10,12,19H,11,13-14H2,1-3H3,(H,25,29)/t19-/m1/s1. The highest BCUT2D eigenvalue weighted by molar-refractivity contribution is 6.00. The maximum Gasteiger partial charge on any atom is 0.227 e. The number of aryl methyl sites for hydroxylation is 3. The Balaban J connectivity index is 1.36. The molecule has 1 saturated heterocycles. The molecule has 3 aromatic rings. The highest BCUT2D eigenvalue weighted by Crippen LogP contribution is 2.27. The molecule has 4 rings (SSSR count). The van der Waals surface area contributed by atoms with Crippen molar-refractivity contribution < 1.29 is 14.1 Å². The number of carbonyl (C=O) groups excluding carboxylic acids is 2. The molecule has 0 radical (unpaired) electrons. The van der Waals surface area contributed by atoms with Crippen molar-refractivity contribution in [2.75, 3.05) is 11.4 Å². The summed E-state index contributed by atoms with van der Waals surface area (Å²) < 4.78 is 5.40. The van der Waals surface area contributed by atoms with Crippen molar-refractivity contribution >= 4 is 17.5 Å². The topological polar surface area (TPSA) is 75.4 Å². The molecule has 0 bridgehead atoms. The number of anilines is 1. The van der Waals surface area contributed by atoms with Gasteiger partial charge in [0.05, 0.1) is 12.5 Å². The van der Waals surface area contributed by atoms with Crippen LogP contribution in [-0.2, 0) is 16.1 Å². The predicted octanol–water partition coefficient (Wildman–Crippen LogP) is 3.94. The van der Waals surface area contributed by atoms with Crippen molar-refractivity contribution in [1.82, 2.24) is 10.5 Å². The van der Waals surface area contributed by atoms with Crippen LogP contribution in [0.15, 0.2) is 53.1 Å². The largest absolute Gasteiger partial charge is 0.356 e. The summed E-state index contributed by atoms with van der Waals surface area (Å²) >= 11 is 0.